The first kappa shape index (κ1) is 18.9. The SMILES string of the molecule is Cc1cccc(C)c1NC(=O)c1cccc(C(=O)Nc2ccccc2C#N)c1. The van der Waals surface area contributed by atoms with Crippen molar-refractivity contribution >= 4 is 23.2 Å². The van der Waals surface area contributed by atoms with Gasteiger partial charge in [0.1, 0.15) is 6.07 Å². The van der Waals surface area contributed by atoms with Crippen molar-refractivity contribution in [3.05, 3.63) is 94.5 Å². The van der Waals surface area contributed by atoms with Gasteiger partial charge >= 0.3 is 0 Å². The van der Waals surface area contributed by atoms with Crippen LogP contribution in [0, 0.1) is 25.2 Å². The summed E-state index contributed by atoms with van der Waals surface area (Å²) >= 11 is 0. The molecule has 28 heavy (non-hydrogen) atoms. The van der Waals surface area contributed by atoms with E-state index in [1.807, 2.05) is 38.1 Å². The lowest BCUT2D eigenvalue weighted by atomic mass is 10.1. The number of nitriles is 1. The van der Waals surface area contributed by atoms with Crippen LogP contribution in [0.4, 0.5) is 11.4 Å². The average Bonchev–Trinajstić information content (AvgIpc) is 2.71. The summed E-state index contributed by atoms with van der Waals surface area (Å²) < 4.78 is 0. The van der Waals surface area contributed by atoms with Crippen LogP contribution in [0.5, 0.6) is 0 Å². The van der Waals surface area contributed by atoms with Crippen molar-refractivity contribution in [3.63, 3.8) is 0 Å². The van der Waals surface area contributed by atoms with Crippen LogP contribution >= 0.6 is 0 Å². The second-order valence-electron chi connectivity index (χ2n) is 6.41. The Bertz CT molecular complexity index is 1080. The van der Waals surface area contributed by atoms with Gasteiger partial charge < -0.3 is 10.6 Å². The monoisotopic (exact) mass is 369 g/mol. The molecular weight excluding hydrogens is 350 g/mol. The number of para-hydroxylation sites is 2. The molecule has 2 amide bonds. The molecule has 0 bridgehead atoms. The van der Waals surface area contributed by atoms with Gasteiger partial charge in [0.15, 0.2) is 0 Å². The molecule has 0 heterocycles. The minimum Gasteiger partial charge on any atom is -0.322 e. The molecule has 3 aromatic carbocycles. The normalized spacial score (nSPS) is 10.0. The van der Waals surface area contributed by atoms with Gasteiger partial charge in [-0.05, 0) is 55.3 Å². The summed E-state index contributed by atoms with van der Waals surface area (Å²) in [6, 6.07) is 21.1. The van der Waals surface area contributed by atoms with Crippen molar-refractivity contribution in [2.24, 2.45) is 0 Å². The number of carbonyl (C=O) groups excluding carboxylic acids is 2. The van der Waals surface area contributed by atoms with Crippen LogP contribution in [-0.4, -0.2) is 11.8 Å². The predicted molar refractivity (Wildman–Crippen MR) is 109 cm³/mol. The highest BCUT2D eigenvalue weighted by atomic mass is 16.2. The van der Waals surface area contributed by atoms with Crippen molar-refractivity contribution in [3.8, 4) is 6.07 Å². The van der Waals surface area contributed by atoms with E-state index in [4.69, 9.17) is 5.26 Å². The van der Waals surface area contributed by atoms with Gasteiger partial charge in [0.2, 0.25) is 0 Å². The topological polar surface area (TPSA) is 82.0 Å². The number of hydrogen-bond donors (Lipinski definition) is 2. The van der Waals surface area contributed by atoms with Crippen molar-refractivity contribution < 1.29 is 9.59 Å². The zero-order chi connectivity index (χ0) is 20.1. The minimum atomic E-state index is -0.385. The summed E-state index contributed by atoms with van der Waals surface area (Å²) in [5.41, 5.74) is 4.22. The predicted octanol–water partition coefficient (Wildman–Crippen LogP) is 4.68. The maximum Gasteiger partial charge on any atom is 0.255 e. The molecule has 0 atom stereocenters. The van der Waals surface area contributed by atoms with E-state index in [0.29, 0.717) is 22.4 Å². The fraction of sp³-hybridized carbons (Fsp3) is 0.0870. The fourth-order valence-corrected chi connectivity index (χ4v) is 2.88. The first-order valence-electron chi connectivity index (χ1n) is 8.77. The summed E-state index contributed by atoms with van der Waals surface area (Å²) in [6.45, 7) is 3.86. The van der Waals surface area contributed by atoms with Crippen molar-refractivity contribution in [1.82, 2.24) is 0 Å². The molecule has 0 saturated heterocycles. The van der Waals surface area contributed by atoms with E-state index in [2.05, 4.69) is 10.6 Å². The van der Waals surface area contributed by atoms with E-state index in [1.165, 1.54) is 6.07 Å². The number of anilines is 2. The Morgan fingerprint density at radius 1 is 0.786 bits per heavy atom. The van der Waals surface area contributed by atoms with E-state index >= 15 is 0 Å². The highest BCUT2D eigenvalue weighted by Gasteiger charge is 2.13. The Morgan fingerprint density at radius 2 is 1.36 bits per heavy atom. The van der Waals surface area contributed by atoms with Crippen LogP contribution in [0.1, 0.15) is 37.4 Å². The highest BCUT2D eigenvalue weighted by molar-refractivity contribution is 6.09. The van der Waals surface area contributed by atoms with Crippen LogP contribution in [-0.2, 0) is 0 Å². The molecule has 3 aromatic rings. The van der Waals surface area contributed by atoms with Gasteiger partial charge in [0.25, 0.3) is 11.8 Å². The smallest absolute Gasteiger partial charge is 0.255 e. The molecule has 0 saturated carbocycles. The molecule has 0 spiro atoms. The Morgan fingerprint density at radius 3 is 2.00 bits per heavy atom. The van der Waals surface area contributed by atoms with Crippen molar-refractivity contribution in [1.29, 1.82) is 5.26 Å². The van der Waals surface area contributed by atoms with Crippen LogP contribution in [0.15, 0.2) is 66.7 Å². The molecule has 0 radical (unpaired) electrons. The number of carbonyl (C=O) groups is 2. The van der Waals surface area contributed by atoms with Gasteiger partial charge in [-0.1, -0.05) is 36.4 Å². The van der Waals surface area contributed by atoms with Crippen LogP contribution in [0.25, 0.3) is 0 Å². The van der Waals surface area contributed by atoms with Crippen LogP contribution in [0.3, 0.4) is 0 Å². The third-order valence-electron chi connectivity index (χ3n) is 4.40. The molecular formula is C23H19N3O2. The standard InChI is InChI=1S/C23H19N3O2/c1-15-7-5-8-16(2)21(15)26-23(28)18-11-6-10-17(13-18)22(27)25-20-12-4-3-9-19(20)14-24/h3-13H,1-2H3,(H,25,27)(H,26,28). The number of aryl methyl sites for hydroxylation is 2. The third-order valence-corrected chi connectivity index (χ3v) is 4.40. The van der Waals surface area contributed by atoms with Gasteiger partial charge in [0, 0.05) is 16.8 Å². The summed E-state index contributed by atoms with van der Waals surface area (Å²) in [7, 11) is 0. The van der Waals surface area contributed by atoms with Gasteiger partial charge in [-0.15, -0.1) is 0 Å². The van der Waals surface area contributed by atoms with E-state index in [-0.39, 0.29) is 11.8 Å². The first-order valence-corrected chi connectivity index (χ1v) is 8.77. The van der Waals surface area contributed by atoms with E-state index in [9.17, 15) is 9.59 Å². The molecule has 5 nitrogen and oxygen atoms in total. The molecule has 0 aliphatic rings. The summed E-state index contributed by atoms with van der Waals surface area (Å²) in [6.07, 6.45) is 0. The molecule has 2 N–H and O–H groups in total. The summed E-state index contributed by atoms with van der Waals surface area (Å²) in [5.74, 6) is -0.672. The lowest BCUT2D eigenvalue weighted by Crippen LogP contribution is -2.16. The Kier molecular flexibility index (Phi) is 5.52. The van der Waals surface area contributed by atoms with E-state index in [1.54, 1.807) is 42.5 Å². The molecule has 3 rings (SSSR count). The number of rotatable bonds is 4. The maximum atomic E-state index is 12.7. The second kappa shape index (κ2) is 8.19. The minimum absolute atomic E-state index is 0.288. The lowest BCUT2D eigenvalue weighted by molar-refractivity contribution is 0.102. The van der Waals surface area contributed by atoms with Gasteiger partial charge in [-0.25, -0.2) is 0 Å². The molecule has 5 heteroatoms. The Labute approximate surface area is 163 Å². The molecule has 0 aromatic heterocycles. The van der Waals surface area contributed by atoms with Crippen molar-refractivity contribution in [2.75, 3.05) is 10.6 Å². The Hall–Kier alpha value is -3.91. The molecule has 0 aliphatic carbocycles. The number of amides is 2. The molecule has 0 unspecified atom stereocenters. The first-order chi connectivity index (χ1) is 13.5. The van der Waals surface area contributed by atoms with Gasteiger partial charge in [-0.2, -0.15) is 5.26 Å². The summed E-state index contributed by atoms with van der Waals surface area (Å²) in [4.78, 5) is 25.2. The number of nitrogens with zero attached hydrogens (tertiary/aromatic N) is 1. The number of hydrogen-bond acceptors (Lipinski definition) is 3. The van der Waals surface area contributed by atoms with Gasteiger partial charge in [0.05, 0.1) is 11.3 Å². The van der Waals surface area contributed by atoms with Crippen LogP contribution < -0.4 is 10.6 Å². The fourth-order valence-electron chi connectivity index (χ4n) is 2.88. The number of nitrogens with one attached hydrogen (secondary N) is 2. The molecule has 138 valence electrons. The summed E-state index contributed by atoms with van der Waals surface area (Å²) in [5, 5.41) is 14.8. The quantitative estimate of drug-likeness (QED) is 0.700. The van der Waals surface area contributed by atoms with Crippen molar-refractivity contribution in [2.45, 2.75) is 13.8 Å². The average molecular weight is 369 g/mol. The highest BCUT2D eigenvalue weighted by Crippen LogP contribution is 2.21. The third kappa shape index (κ3) is 4.08. The molecule has 0 aliphatic heterocycles. The molecule has 0 fully saturated rings. The van der Waals surface area contributed by atoms with Gasteiger partial charge in [-0.3, -0.25) is 9.59 Å². The van der Waals surface area contributed by atoms with Crippen LogP contribution in [0.2, 0.25) is 0 Å². The van der Waals surface area contributed by atoms with E-state index in [0.717, 1.165) is 16.8 Å². The Balaban J connectivity index is 1.81. The zero-order valence-corrected chi connectivity index (χ0v) is 15.6. The zero-order valence-electron chi connectivity index (χ0n) is 15.6. The van der Waals surface area contributed by atoms with E-state index < -0.39 is 0 Å². The maximum absolute atomic E-state index is 12.7. The lowest BCUT2D eigenvalue weighted by Gasteiger charge is -2.12. The number of benzene rings is 3. The second-order valence-corrected chi connectivity index (χ2v) is 6.41. The largest absolute Gasteiger partial charge is 0.322 e.